The van der Waals surface area contributed by atoms with Gasteiger partial charge in [-0.25, -0.2) is 0 Å². The first-order valence-corrected chi connectivity index (χ1v) is 7.74. The van der Waals surface area contributed by atoms with Crippen molar-refractivity contribution in [3.05, 3.63) is 33.8 Å². The molecule has 0 aliphatic heterocycles. The van der Waals surface area contributed by atoms with Crippen molar-refractivity contribution in [3.8, 4) is 0 Å². The van der Waals surface area contributed by atoms with Crippen molar-refractivity contribution < 1.29 is 9.90 Å². The van der Waals surface area contributed by atoms with Crippen molar-refractivity contribution in [1.82, 2.24) is 5.32 Å². The molecule has 0 aromatic heterocycles. The Morgan fingerprint density at radius 3 is 2.55 bits per heavy atom. The summed E-state index contributed by atoms with van der Waals surface area (Å²) in [4.78, 5) is 12.1. The second kappa shape index (κ2) is 7.30. The molecule has 1 saturated carbocycles. The number of amides is 1. The first-order chi connectivity index (χ1) is 9.58. The SMILES string of the molecule is O=C(Cc1c(Cl)cccc1Cl)NC1CCCCCC1O. The topological polar surface area (TPSA) is 49.3 Å². The third-order valence-corrected chi connectivity index (χ3v) is 4.43. The molecule has 1 aliphatic rings. The summed E-state index contributed by atoms with van der Waals surface area (Å²) in [5.41, 5.74) is 0.636. The van der Waals surface area contributed by atoms with Crippen LogP contribution in [0, 0.1) is 0 Å². The molecule has 0 saturated heterocycles. The van der Waals surface area contributed by atoms with E-state index in [4.69, 9.17) is 23.2 Å². The number of hydrogen-bond acceptors (Lipinski definition) is 2. The van der Waals surface area contributed by atoms with Crippen LogP contribution < -0.4 is 5.32 Å². The van der Waals surface area contributed by atoms with Gasteiger partial charge in [0.25, 0.3) is 0 Å². The number of carbonyl (C=O) groups is 1. The summed E-state index contributed by atoms with van der Waals surface area (Å²) < 4.78 is 0. The van der Waals surface area contributed by atoms with E-state index in [1.54, 1.807) is 18.2 Å². The van der Waals surface area contributed by atoms with Crippen LogP contribution in [-0.2, 0) is 11.2 Å². The minimum atomic E-state index is -0.455. The lowest BCUT2D eigenvalue weighted by atomic mass is 10.1. The summed E-state index contributed by atoms with van der Waals surface area (Å²) in [5.74, 6) is -0.147. The van der Waals surface area contributed by atoms with E-state index < -0.39 is 6.10 Å². The van der Waals surface area contributed by atoms with Crippen molar-refractivity contribution in [1.29, 1.82) is 0 Å². The molecule has 2 rings (SSSR count). The minimum absolute atomic E-state index is 0.141. The maximum absolute atomic E-state index is 12.1. The fraction of sp³-hybridized carbons (Fsp3) is 0.533. The van der Waals surface area contributed by atoms with E-state index in [0.717, 1.165) is 32.1 Å². The molecule has 1 aliphatic carbocycles. The molecular weight excluding hydrogens is 297 g/mol. The van der Waals surface area contributed by atoms with Gasteiger partial charge in [-0.05, 0) is 30.5 Å². The van der Waals surface area contributed by atoms with Gasteiger partial charge in [-0.1, -0.05) is 48.5 Å². The fourth-order valence-corrected chi connectivity index (χ4v) is 3.11. The van der Waals surface area contributed by atoms with Gasteiger partial charge in [0.1, 0.15) is 0 Å². The number of benzene rings is 1. The van der Waals surface area contributed by atoms with E-state index in [9.17, 15) is 9.90 Å². The number of carbonyl (C=O) groups excluding carboxylic acids is 1. The Morgan fingerprint density at radius 2 is 1.85 bits per heavy atom. The lowest BCUT2D eigenvalue weighted by molar-refractivity contribution is -0.122. The molecule has 0 bridgehead atoms. The standard InChI is InChI=1S/C15H19Cl2NO2/c16-11-5-4-6-12(17)10(11)9-15(20)18-13-7-2-1-3-8-14(13)19/h4-6,13-14,19H,1-3,7-9H2,(H,18,20). The summed E-state index contributed by atoms with van der Waals surface area (Å²) in [6.07, 6.45) is 4.42. The van der Waals surface area contributed by atoms with Gasteiger partial charge in [-0.2, -0.15) is 0 Å². The Morgan fingerprint density at radius 1 is 1.20 bits per heavy atom. The number of nitrogens with one attached hydrogen (secondary N) is 1. The minimum Gasteiger partial charge on any atom is -0.391 e. The predicted octanol–water partition coefficient (Wildman–Crippen LogP) is 3.35. The summed E-state index contributed by atoms with van der Waals surface area (Å²) in [7, 11) is 0. The molecule has 1 aromatic carbocycles. The molecule has 1 amide bonds. The van der Waals surface area contributed by atoms with Gasteiger partial charge in [0.2, 0.25) is 5.91 Å². The Hall–Kier alpha value is -0.770. The summed E-state index contributed by atoms with van der Waals surface area (Å²) in [6.45, 7) is 0. The molecule has 1 fully saturated rings. The maximum Gasteiger partial charge on any atom is 0.224 e. The van der Waals surface area contributed by atoms with Crippen molar-refractivity contribution in [2.45, 2.75) is 50.7 Å². The second-order valence-electron chi connectivity index (χ2n) is 5.26. The monoisotopic (exact) mass is 315 g/mol. The Bertz CT molecular complexity index is 459. The average Bonchev–Trinajstić information content (AvgIpc) is 2.60. The van der Waals surface area contributed by atoms with Crippen LogP contribution in [0.1, 0.15) is 37.7 Å². The second-order valence-corrected chi connectivity index (χ2v) is 6.07. The molecule has 2 unspecified atom stereocenters. The predicted molar refractivity (Wildman–Crippen MR) is 81.2 cm³/mol. The molecule has 0 heterocycles. The molecule has 5 heteroatoms. The zero-order chi connectivity index (χ0) is 14.5. The fourth-order valence-electron chi connectivity index (χ4n) is 2.58. The molecule has 0 radical (unpaired) electrons. The molecular formula is C15H19Cl2NO2. The Kier molecular flexibility index (Phi) is 5.70. The number of aliphatic hydroxyl groups is 1. The van der Waals surface area contributed by atoms with E-state index in [1.165, 1.54) is 0 Å². The molecule has 0 spiro atoms. The third kappa shape index (κ3) is 4.11. The van der Waals surface area contributed by atoms with E-state index in [1.807, 2.05) is 0 Å². The van der Waals surface area contributed by atoms with Gasteiger partial charge in [-0.15, -0.1) is 0 Å². The molecule has 2 N–H and O–H groups in total. The maximum atomic E-state index is 12.1. The molecule has 1 aromatic rings. The normalized spacial score (nSPS) is 23.1. The first-order valence-electron chi connectivity index (χ1n) is 6.98. The quantitative estimate of drug-likeness (QED) is 0.840. The zero-order valence-electron chi connectivity index (χ0n) is 11.2. The van der Waals surface area contributed by atoms with Crippen molar-refractivity contribution >= 4 is 29.1 Å². The highest BCUT2D eigenvalue weighted by molar-refractivity contribution is 6.36. The van der Waals surface area contributed by atoms with E-state index in [2.05, 4.69) is 5.32 Å². The number of hydrogen-bond donors (Lipinski definition) is 2. The molecule has 2 atom stereocenters. The lowest BCUT2D eigenvalue weighted by Gasteiger charge is -2.22. The number of aliphatic hydroxyl groups excluding tert-OH is 1. The smallest absolute Gasteiger partial charge is 0.224 e. The largest absolute Gasteiger partial charge is 0.391 e. The van der Waals surface area contributed by atoms with Crippen molar-refractivity contribution in [2.24, 2.45) is 0 Å². The van der Waals surface area contributed by atoms with Crippen LogP contribution in [0.4, 0.5) is 0 Å². The van der Waals surface area contributed by atoms with Crippen LogP contribution in [0.15, 0.2) is 18.2 Å². The van der Waals surface area contributed by atoms with E-state index >= 15 is 0 Å². The summed E-state index contributed by atoms with van der Waals surface area (Å²) in [6, 6.07) is 5.03. The van der Waals surface area contributed by atoms with Gasteiger partial charge < -0.3 is 10.4 Å². The van der Waals surface area contributed by atoms with Crippen LogP contribution in [0.25, 0.3) is 0 Å². The Balaban J connectivity index is 1.98. The average molecular weight is 316 g/mol. The lowest BCUT2D eigenvalue weighted by Crippen LogP contribution is -2.43. The van der Waals surface area contributed by atoms with Crippen LogP contribution in [0.2, 0.25) is 10.0 Å². The van der Waals surface area contributed by atoms with Gasteiger partial charge in [-0.3, -0.25) is 4.79 Å². The van der Waals surface area contributed by atoms with Gasteiger partial charge in [0.15, 0.2) is 0 Å². The van der Waals surface area contributed by atoms with Crippen LogP contribution in [0.3, 0.4) is 0 Å². The number of rotatable bonds is 3. The molecule has 3 nitrogen and oxygen atoms in total. The van der Waals surface area contributed by atoms with Crippen molar-refractivity contribution in [2.75, 3.05) is 0 Å². The highest BCUT2D eigenvalue weighted by Crippen LogP contribution is 2.25. The third-order valence-electron chi connectivity index (χ3n) is 3.72. The highest BCUT2D eigenvalue weighted by atomic mass is 35.5. The van der Waals surface area contributed by atoms with Gasteiger partial charge in [0, 0.05) is 10.0 Å². The van der Waals surface area contributed by atoms with Crippen LogP contribution >= 0.6 is 23.2 Å². The van der Waals surface area contributed by atoms with E-state index in [0.29, 0.717) is 15.6 Å². The van der Waals surface area contributed by atoms with E-state index in [-0.39, 0.29) is 18.4 Å². The van der Waals surface area contributed by atoms with Gasteiger partial charge in [0.05, 0.1) is 18.6 Å². The van der Waals surface area contributed by atoms with Crippen molar-refractivity contribution in [3.63, 3.8) is 0 Å². The van der Waals surface area contributed by atoms with Gasteiger partial charge >= 0.3 is 0 Å². The number of halogens is 2. The molecule has 110 valence electrons. The zero-order valence-corrected chi connectivity index (χ0v) is 12.8. The first kappa shape index (κ1) is 15.6. The Labute approximate surface area is 129 Å². The highest BCUT2D eigenvalue weighted by Gasteiger charge is 2.23. The van der Waals surface area contributed by atoms with Crippen LogP contribution in [-0.4, -0.2) is 23.2 Å². The summed E-state index contributed by atoms with van der Waals surface area (Å²) in [5, 5.41) is 13.9. The summed E-state index contributed by atoms with van der Waals surface area (Å²) >= 11 is 12.1. The van der Waals surface area contributed by atoms with Crippen LogP contribution in [0.5, 0.6) is 0 Å². The molecule has 20 heavy (non-hydrogen) atoms.